The Bertz CT molecular complexity index is 529. The molecule has 0 aliphatic rings. The molecule has 4 nitrogen and oxygen atoms in total. The maximum Gasteiger partial charge on any atom is 0.242 e. The number of aliphatic hydroxyl groups excluding tert-OH is 1. The SMILES string of the molecule is CC[C@@H](CO)NS(=O)(=O)c1cc(Cl)c(C)cc1Br. The van der Waals surface area contributed by atoms with E-state index in [9.17, 15) is 8.42 Å². The van der Waals surface area contributed by atoms with E-state index in [1.54, 1.807) is 19.9 Å². The summed E-state index contributed by atoms with van der Waals surface area (Å²) in [4.78, 5) is 0.0741. The minimum Gasteiger partial charge on any atom is -0.395 e. The standard InChI is InChI=1S/C11H15BrClNO3S/c1-3-8(6-15)14-18(16,17)11-5-10(13)7(2)4-9(11)12/h4-5,8,14-15H,3,6H2,1-2H3/t8-/m0/s1. The maximum absolute atomic E-state index is 12.1. The minimum atomic E-state index is -3.69. The van der Waals surface area contributed by atoms with Crippen molar-refractivity contribution in [3.63, 3.8) is 0 Å². The molecular weight excluding hydrogens is 342 g/mol. The van der Waals surface area contributed by atoms with Crippen molar-refractivity contribution in [2.24, 2.45) is 0 Å². The van der Waals surface area contributed by atoms with Crippen LogP contribution < -0.4 is 4.72 Å². The highest BCUT2D eigenvalue weighted by atomic mass is 79.9. The lowest BCUT2D eigenvalue weighted by atomic mass is 10.2. The van der Waals surface area contributed by atoms with Gasteiger partial charge in [-0.3, -0.25) is 0 Å². The summed E-state index contributed by atoms with van der Waals surface area (Å²) < 4.78 is 27.1. The molecule has 0 unspecified atom stereocenters. The zero-order valence-electron chi connectivity index (χ0n) is 10.1. The molecule has 1 aromatic carbocycles. The van der Waals surface area contributed by atoms with Gasteiger partial charge in [0.15, 0.2) is 0 Å². The Balaban J connectivity index is 3.16. The van der Waals surface area contributed by atoms with Crippen LogP contribution in [0.2, 0.25) is 5.02 Å². The van der Waals surface area contributed by atoms with E-state index in [2.05, 4.69) is 20.7 Å². The number of rotatable bonds is 5. The molecule has 0 amide bonds. The molecule has 0 saturated carbocycles. The number of halogens is 2. The van der Waals surface area contributed by atoms with Gasteiger partial charge < -0.3 is 5.11 Å². The van der Waals surface area contributed by atoms with Crippen molar-refractivity contribution in [1.29, 1.82) is 0 Å². The normalized spacial score (nSPS) is 13.6. The third kappa shape index (κ3) is 3.68. The zero-order valence-corrected chi connectivity index (χ0v) is 13.2. The van der Waals surface area contributed by atoms with Crippen LogP contribution in [0.1, 0.15) is 18.9 Å². The Labute approximate surface area is 121 Å². The Kier molecular flexibility index (Phi) is 5.61. The van der Waals surface area contributed by atoms with Gasteiger partial charge in [0.1, 0.15) is 0 Å². The summed E-state index contributed by atoms with van der Waals surface area (Å²) in [6, 6.07) is 2.55. The van der Waals surface area contributed by atoms with Gasteiger partial charge in [0.2, 0.25) is 10.0 Å². The lowest BCUT2D eigenvalue weighted by molar-refractivity contribution is 0.254. The van der Waals surface area contributed by atoms with Gasteiger partial charge in [-0.25, -0.2) is 13.1 Å². The van der Waals surface area contributed by atoms with Gasteiger partial charge in [-0.15, -0.1) is 0 Å². The van der Waals surface area contributed by atoms with Gasteiger partial charge in [-0.2, -0.15) is 0 Å². The second-order valence-corrected chi connectivity index (χ2v) is 6.88. The number of hydrogen-bond acceptors (Lipinski definition) is 3. The van der Waals surface area contributed by atoms with Crippen LogP contribution in [0.3, 0.4) is 0 Å². The Morgan fingerprint density at radius 1 is 1.50 bits per heavy atom. The molecule has 0 aromatic heterocycles. The van der Waals surface area contributed by atoms with E-state index in [0.29, 0.717) is 15.9 Å². The second-order valence-electron chi connectivity index (χ2n) is 3.94. The average molecular weight is 357 g/mol. The van der Waals surface area contributed by atoms with Gasteiger partial charge in [-0.05, 0) is 47.0 Å². The van der Waals surface area contributed by atoms with E-state index in [4.69, 9.17) is 16.7 Å². The number of aliphatic hydroxyl groups is 1. The van der Waals surface area contributed by atoms with E-state index in [-0.39, 0.29) is 11.5 Å². The van der Waals surface area contributed by atoms with Gasteiger partial charge in [0.25, 0.3) is 0 Å². The van der Waals surface area contributed by atoms with Crippen molar-refractivity contribution >= 4 is 37.6 Å². The lowest BCUT2D eigenvalue weighted by Gasteiger charge is -2.15. The molecule has 0 radical (unpaired) electrons. The van der Waals surface area contributed by atoms with Crippen LogP contribution in [0.15, 0.2) is 21.5 Å². The Morgan fingerprint density at radius 3 is 2.61 bits per heavy atom. The number of hydrogen-bond donors (Lipinski definition) is 2. The molecule has 0 spiro atoms. The summed E-state index contributed by atoms with van der Waals surface area (Å²) in [5, 5.41) is 9.42. The van der Waals surface area contributed by atoms with Crippen molar-refractivity contribution in [1.82, 2.24) is 4.72 Å². The molecule has 2 N–H and O–H groups in total. The smallest absolute Gasteiger partial charge is 0.242 e. The predicted octanol–water partition coefficient (Wildman–Crippen LogP) is 2.46. The van der Waals surface area contributed by atoms with Crippen molar-refractivity contribution in [3.8, 4) is 0 Å². The van der Waals surface area contributed by atoms with Gasteiger partial charge in [0.05, 0.1) is 11.5 Å². The number of aryl methyl sites for hydroxylation is 1. The van der Waals surface area contributed by atoms with Crippen LogP contribution in [0.4, 0.5) is 0 Å². The summed E-state index contributed by atoms with van der Waals surface area (Å²) in [6.45, 7) is 3.34. The van der Waals surface area contributed by atoms with Gasteiger partial charge in [0, 0.05) is 15.5 Å². The molecule has 0 aliphatic heterocycles. The molecule has 1 rings (SSSR count). The van der Waals surface area contributed by atoms with Crippen molar-refractivity contribution in [2.45, 2.75) is 31.2 Å². The monoisotopic (exact) mass is 355 g/mol. The molecule has 18 heavy (non-hydrogen) atoms. The molecule has 0 aliphatic carbocycles. The summed E-state index contributed by atoms with van der Waals surface area (Å²) in [5.41, 5.74) is 0.789. The first-order valence-electron chi connectivity index (χ1n) is 5.40. The van der Waals surface area contributed by atoms with Gasteiger partial charge >= 0.3 is 0 Å². The summed E-state index contributed by atoms with van der Waals surface area (Å²) in [5.74, 6) is 0. The lowest BCUT2D eigenvalue weighted by Crippen LogP contribution is -2.37. The van der Waals surface area contributed by atoms with Crippen LogP contribution >= 0.6 is 27.5 Å². The third-order valence-corrected chi connectivity index (χ3v) is 5.42. The molecule has 0 heterocycles. The Hall–Kier alpha value is -0.140. The fourth-order valence-electron chi connectivity index (χ4n) is 1.37. The molecule has 7 heteroatoms. The zero-order chi connectivity index (χ0) is 13.9. The molecular formula is C11H15BrClNO3S. The highest BCUT2D eigenvalue weighted by molar-refractivity contribution is 9.10. The van der Waals surface area contributed by atoms with E-state index in [1.165, 1.54) is 6.07 Å². The van der Waals surface area contributed by atoms with E-state index >= 15 is 0 Å². The summed E-state index contributed by atoms with van der Waals surface area (Å²) in [6.07, 6.45) is 0.507. The molecule has 0 bridgehead atoms. The molecule has 0 fully saturated rings. The largest absolute Gasteiger partial charge is 0.395 e. The number of sulfonamides is 1. The highest BCUT2D eigenvalue weighted by Crippen LogP contribution is 2.28. The summed E-state index contributed by atoms with van der Waals surface area (Å²) in [7, 11) is -3.69. The minimum absolute atomic E-state index is 0.0741. The second kappa shape index (κ2) is 6.34. The fourth-order valence-corrected chi connectivity index (χ4v) is 4.09. The van der Waals surface area contributed by atoms with Gasteiger partial charge in [-0.1, -0.05) is 18.5 Å². The maximum atomic E-state index is 12.1. The van der Waals surface area contributed by atoms with Crippen LogP contribution in [0, 0.1) is 6.92 Å². The molecule has 1 aromatic rings. The van der Waals surface area contributed by atoms with Crippen molar-refractivity contribution < 1.29 is 13.5 Å². The first-order chi connectivity index (χ1) is 8.31. The quantitative estimate of drug-likeness (QED) is 0.851. The fraction of sp³-hybridized carbons (Fsp3) is 0.455. The van der Waals surface area contributed by atoms with Crippen molar-refractivity contribution in [3.05, 3.63) is 27.2 Å². The predicted molar refractivity (Wildman–Crippen MR) is 75.4 cm³/mol. The summed E-state index contributed by atoms with van der Waals surface area (Å²) >= 11 is 9.14. The number of benzene rings is 1. The highest BCUT2D eigenvalue weighted by Gasteiger charge is 2.22. The molecule has 1 atom stereocenters. The van der Waals surface area contributed by atoms with Crippen LogP contribution in [-0.2, 0) is 10.0 Å². The van der Waals surface area contributed by atoms with E-state index < -0.39 is 16.1 Å². The Morgan fingerprint density at radius 2 is 2.11 bits per heavy atom. The molecule has 0 saturated heterocycles. The van der Waals surface area contributed by atoms with E-state index in [1.807, 2.05) is 0 Å². The molecule has 102 valence electrons. The topological polar surface area (TPSA) is 66.4 Å². The third-order valence-electron chi connectivity index (χ3n) is 2.54. The van der Waals surface area contributed by atoms with E-state index in [0.717, 1.165) is 5.56 Å². The van der Waals surface area contributed by atoms with Crippen LogP contribution in [-0.4, -0.2) is 26.2 Å². The number of nitrogens with one attached hydrogen (secondary N) is 1. The van der Waals surface area contributed by atoms with Crippen LogP contribution in [0.5, 0.6) is 0 Å². The van der Waals surface area contributed by atoms with Crippen LogP contribution in [0.25, 0.3) is 0 Å². The average Bonchev–Trinajstić information content (AvgIpc) is 2.30. The first kappa shape index (κ1) is 15.9. The van der Waals surface area contributed by atoms with Crippen molar-refractivity contribution in [2.75, 3.05) is 6.61 Å². The first-order valence-corrected chi connectivity index (χ1v) is 8.06.